The minimum atomic E-state index is -0.0912. The third kappa shape index (κ3) is 3.94. The van der Waals surface area contributed by atoms with E-state index >= 15 is 0 Å². The molecule has 2 aromatic carbocycles. The number of methoxy groups -OCH3 is 1. The van der Waals surface area contributed by atoms with E-state index in [4.69, 9.17) is 4.74 Å². The molecular formula is C21H23N3O2. The summed E-state index contributed by atoms with van der Waals surface area (Å²) in [5, 5.41) is 7.33. The molecule has 0 spiro atoms. The Morgan fingerprint density at radius 2 is 1.77 bits per heavy atom. The zero-order valence-corrected chi connectivity index (χ0v) is 15.2. The van der Waals surface area contributed by atoms with Crippen molar-refractivity contribution in [2.24, 2.45) is 5.92 Å². The molecule has 1 heterocycles. The number of benzene rings is 2. The van der Waals surface area contributed by atoms with E-state index in [1.165, 1.54) is 0 Å². The molecule has 0 aliphatic carbocycles. The van der Waals surface area contributed by atoms with Crippen molar-refractivity contribution in [3.05, 3.63) is 78.1 Å². The summed E-state index contributed by atoms with van der Waals surface area (Å²) in [7, 11) is 1.64. The van der Waals surface area contributed by atoms with Gasteiger partial charge in [-0.1, -0.05) is 26.0 Å². The highest BCUT2D eigenvalue weighted by atomic mass is 16.5. The number of hydrogen-bond donors (Lipinski definition) is 1. The van der Waals surface area contributed by atoms with E-state index in [-0.39, 0.29) is 17.9 Å². The van der Waals surface area contributed by atoms with Crippen LogP contribution in [0.5, 0.6) is 5.75 Å². The Morgan fingerprint density at radius 3 is 2.31 bits per heavy atom. The Morgan fingerprint density at radius 1 is 1.08 bits per heavy atom. The summed E-state index contributed by atoms with van der Waals surface area (Å²) >= 11 is 0. The van der Waals surface area contributed by atoms with E-state index in [0.29, 0.717) is 5.56 Å². The number of carbonyl (C=O) groups excluding carboxylic acids is 1. The molecule has 0 aliphatic heterocycles. The Labute approximate surface area is 153 Å². The summed E-state index contributed by atoms with van der Waals surface area (Å²) in [6.45, 7) is 4.19. The van der Waals surface area contributed by atoms with Gasteiger partial charge in [0.25, 0.3) is 5.91 Å². The number of amides is 1. The maximum absolute atomic E-state index is 12.7. The lowest BCUT2D eigenvalue weighted by Gasteiger charge is -2.23. The van der Waals surface area contributed by atoms with Gasteiger partial charge in [-0.25, -0.2) is 4.68 Å². The number of ether oxygens (including phenoxy) is 1. The Bertz CT molecular complexity index is 838. The largest absolute Gasteiger partial charge is 0.497 e. The molecule has 0 saturated heterocycles. The zero-order valence-electron chi connectivity index (χ0n) is 15.2. The molecule has 3 aromatic rings. The lowest BCUT2D eigenvalue weighted by molar-refractivity contribution is 0.0925. The van der Waals surface area contributed by atoms with Gasteiger partial charge in [-0.05, 0) is 53.9 Å². The minimum absolute atomic E-state index is 0.0702. The molecule has 0 bridgehead atoms. The van der Waals surface area contributed by atoms with Crippen molar-refractivity contribution in [1.82, 2.24) is 15.1 Å². The number of hydrogen-bond acceptors (Lipinski definition) is 3. The topological polar surface area (TPSA) is 56.1 Å². The first-order chi connectivity index (χ1) is 12.6. The molecule has 5 nitrogen and oxygen atoms in total. The molecule has 0 fully saturated rings. The third-order valence-electron chi connectivity index (χ3n) is 4.33. The first-order valence-corrected chi connectivity index (χ1v) is 8.63. The van der Waals surface area contributed by atoms with Crippen LogP contribution in [0.4, 0.5) is 0 Å². The first-order valence-electron chi connectivity index (χ1n) is 8.63. The standard InChI is InChI=1S/C21H23N3O2/c1-15(2)20(16-7-11-19(26-3)12-8-16)23-21(25)17-5-9-18(10-6-17)24-14-4-13-22-24/h4-15,20H,1-3H3,(H,23,25)/t20-/m1/s1. The summed E-state index contributed by atoms with van der Waals surface area (Å²) in [4.78, 5) is 12.7. The summed E-state index contributed by atoms with van der Waals surface area (Å²) in [5.74, 6) is 0.971. The van der Waals surface area contributed by atoms with Crippen LogP contribution in [-0.2, 0) is 0 Å². The molecule has 0 saturated carbocycles. The fourth-order valence-electron chi connectivity index (χ4n) is 2.86. The van der Waals surface area contributed by atoms with Crippen LogP contribution in [0.25, 0.3) is 5.69 Å². The van der Waals surface area contributed by atoms with Crippen LogP contribution >= 0.6 is 0 Å². The monoisotopic (exact) mass is 349 g/mol. The summed E-state index contributed by atoms with van der Waals surface area (Å²) in [6, 6.07) is 17.0. The minimum Gasteiger partial charge on any atom is -0.497 e. The fraction of sp³-hybridized carbons (Fsp3) is 0.238. The van der Waals surface area contributed by atoms with Crippen molar-refractivity contribution in [2.75, 3.05) is 7.11 Å². The average Bonchev–Trinajstić information content (AvgIpc) is 3.21. The van der Waals surface area contributed by atoms with Crippen molar-refractivity contribution in [1.29, 1.82) is 0 Å². The molecule has 1 atom stereocenters. The molecule has 134 valence electrons. The summed E-state index contributed by atoms with van der Waals surface area (Å²) in [5.41, 5.74) is 2.60. The van der Waals surface area contributed by atoms with Gasteiger partial charge in [-0.15, -0.1) is 0 Å². The van der Waals surface area contributed by atoms with Crippen LogP contribution in [0.15, 0.2) is 67.0 Å². The predicted octanol–water partition coefficient (Wildman–Crippen LogP) is 4.01. The van der Waals surface area contributed by atoms with Crippen LogP contribution in [0.2, 0.25) is 0 Å². The number of rotatable bonds is 6. The molecule has 1 amide bonds. The summed E-state index contributed by atoms with van der Waals surface area (Å²) in [6.07, 6.45) is 3.59. The van der Waals surface area contributed by atoms with E-state index in [1.54, 1.807) is 18.0 Å². The Balaban J connectivity index is 1.75. The van der Waals surface area contributed by atoms with Crippen LogP contribution in [0.1, 0.15) is 35.8 Å². The van der Waals surface area contributed by atoms with Crippen LogP contribution in [0.3, 0.4) is 0 Å². The van der Waals surface area contributed by atoms with Crippen molar-refractivity contribution < 1.29 is 9.53 Å². The molecule has 1 aromatic heterocycles. The number of nitrogens with zero attached hydrogens (tertiary/aromatic N) is 2. The molecule has 1 N–H and O–H groups in total. The number of aromatic nitrogens is 2. The Kier molecular flexibility index (Phi) is 5.37. The van der Waals surface area contributed by atoms with Gasteiger partial charge in [0.1, 0.15) is 5.75 Å². The highest BCUT2D eigenvalue weighted by Gasteiger charge is 2.19. The van der Waals surface area contributed by atoms with Gasteiger partial charge in [0.15, 0.2) is 0 Å². The lowest BCUT2D eigenvalue weighted by Crippen LogP contribution is -2.31. The molecule has 5 heteroatoms. The van der Waals surface area contributed by atoms with E-state index in [9.17, 15) is 4.79 Å². The maximum atomic E-state index is 12.7. The molecule has 0 aliphatic rings. The van der Waals surface area contributed by atoms with Crippen molar-refractivity contribution >= 4 is 5.91 Å². The van der Waals surface area contributed by atoms with E-state index in [1.807, 2.05) is 60.8 Å². The van der Waals surface area contributed by atoms with E-state index in [2.05, 4.69) is 24.3 Å². The van der Waals surface area contributed by atoms with E-state index < -0.39 is 0 Å². The second-order valence-corrected chi connectivity index (χ2v) is 6.47. The normalized spacial score (nSPS) is 12.0. The van der Waals surface area contributed by atoms with Gasteiger partial charge in [-0.2, -0.15) is 5.10 Å². The van der Waals surface area contributed by atoms with Gasteiger partial charge < -0.3 is 10.1 Å². The second-order valence-electron chi connectivity index (χ2n) is 6.47. The van der Waals surface area contributed by atoms with Crippen LogP contribution < -0.4 is 10.1 Å². The van der Waals surface area contributed by atoms with Crippen molar-refractivity contribution in [2.45, 2.75) is 19.9 Å². The van der Waals surface area contributed by atoms with Gasteiger partial charge in [-0.3, -0.25) is 4.79 Å². The first kappa shape index (κ1) is 17.7. The highest BCUT2D eigenvalue weighted by molar-refractivity contribution is 5.94. The van der Waals surface area contributed by atoms with Crippen LogP contribution in [0, 0.1) is 5.92 Å². The van der Waals surface area contributed by atoms with Crippen LogP contribution in [-0.4, -0.2) is 22.8 Å². The van der Waals surface area contributed by atoms with E-state index in [0.717, 1.165) is 17.0 Å². The van der Waals surface area contributed by atoms with Gasteiger partial charge in [0.2, 0.25) is 0 Å². The van der Waals surface area contributed by atoms with Gasteiger partial charge in [0, 0.05) is 18.0 Å². The van der Waals surface area contributed by atoms with Gasteiger partial charge in [0.05, 0.1) is 18.8 Å². The molecule has 0 unspecified atom stereocenters. The maximum Gasteiger partial charge on any atom is 0.251 e. The smallest absolute Gasteiger partial charge is 0.251 e. The van der Waals surface area contributed by atoms with Crippen molar-refractivity contribution in [3.8, 4) is 11.4 Å². The van der Waals surface area contributed by atoms with Crippen molar-refractivity contribution in [3.63, 3.8) is 0 Å². The Hall–Kier alpha value is -3.08. The SMILES string of the molecule is COc1ccc([C@H](NC(=O)c2ccc(-n3cccn3)cc2)C(C)C)cc1. The lowest BCUT2D eigenvalue weighted by atomic mass is 9.95. The second kappa shape index (κ2) is 7.87. The number of carbonyl (C=O) groups is 1. The predicted molar refractivity (Wildman–Crippen MR) is 102 cm³/mol. The number of nitrogens with one attached hydrogen (secondary N) is 1. The third-order valence-corrected chi connectivity index (χ3v) is 4.33. The highest BCUT2D eigenvalue weighted by Crippen LogP contribution is 2.24. The zero-order chi connectivity index (χ0) is 18.5. The molecule has 3 rings (SSSR count). The quantitative estimate of drug-likeness (QED) is 0.731. The molecular weight excluding hydrogens is 326 g/mol. The molecule has 0 radical (unpaired) electrons. The fourth-order valence-corrected chi connectivity index (χ4v) is 2.86. The average molecular weight is 349 g/mol. The molecule has 26 heavy (non-hydrogen) atoms. The summed E-state index contributed by atoms with van der Waals surface area (Å²) < 4.78 is 6.97. The van der Waals surface area contributed by atoms with Gasteiger partial charge >= 0.3 is 0 Å².